The van der Waals surface area contributed by atoms with Gasteiger partial charge in [0.2, 0.25) is 9.05 Å². The molecule has 0 aliphatic rings. The van der Waals surface area contributed by atoms with Gasteiger partial charge in [-0.3, -0.25) is 0 Å². The number of benzene rings is 1. The van der Waals surface area contributed by atoms with Gasteiger partial charge in [-0.2, -0.15) is 0 Å². The van der Waals surface area contributed by atoms with E-state index in [0.717, 1.165) is 7.11 Å². The smallest absolute Gasteiger partial charge is 0.237 e. The molecule has 1 rings (SSSR count). The van der Waals surface area contributed by atoms with Crippen molar-refractivity contribution in [3.63, 3.8) is 0 Å². The summed E-state index contributed by atoms with van der Waals surface area (Å²) in [5.41, 5.74) is -0.546. The molecule has 8 heteroatoms. The van der Waals surface area contributed by atoms with Gasteiger partial charge >= 0.3 is 0 Å². The molecule has 1 N–H and O–H groups in total. The second-order valence-electron chi connectivity index (χ2n) is 2.88. The number of aromatic hydroxyl groups is 1. The summed E-state index contributed by atoms with van der Waals surface area (Å²) >= 11 is 0. The van der Waals surface area contributed by atoms with Crippen molar-refractivity contribution >= 4 is 19.7 Å². The minimum atomic E-state index is -4.07. The minimum absolute atomic E-state index is 0.387. The third-order valence-corrected chi connectivity index (χ3v) is 2.74. The predicted octanol–water partition coefficient (Wildman–Crippen LogP) is 1.75. The summed E-state index contributed by atoms with van der Waals surface area (Å²) in [6, 6.07) is 0.387. The molecule has 90 valence electrons. The Bertz CT molecular complexity index is 515. The molecule has 0 unspecified atom stereocenters. The Labute approximate surface area is 94.8 Å². The summed E-state index contributed by atoms with van der Waals surface area (Å²) < 4.78 is 52.2. The first-order valence-corrected chi connectivity index (χ1v) is 6.40. The molecule has 0 amide bonds. The van der Waals surface area contributed by atoms with E-state index in [9.17, 15) is 22.3 Å². The average Bonchev–Trinajstić information content (AvgIpc) is 2.12. The van der Waals surface area contributed by atoms with E-state index in [4.69, 9.17) is 10.7 Å². The van der Waals surface area contributed by atoms with Gasteiger partial charge in [0, 0.05) is 16.7 Å². The van der Waals surface area contributed by atoms with Gasteiger partial charge in [-0.15, -0.1) is 0 Å². The van der Waals surface area contributed by atoms with Crippen LogP contribution in [-0.4, -0.2) is 20.6 Å². The van der Waals surface area contributed by atoms with Gasteiger partial charge < -0.3 is 9.84 Å². The van der Waals surface area contributed by atoms with Crippen LogP contribution in [0, 0.1) is 11.6 Å². The number of phenolic OH excluding ortho intramolecular Hbond substituents is 1. The Morgan fingerprint density at radius 3 is 2.44 bits per heavy atom. The molecule has 0 fully saturated rings. The van der Waals surface area contributed by atoms with Crippen molar-refractivity contribution in [2.45, 2.75) is 5.75 Å². The van der Waals surface area contributed by atoms with Crippen LogP contribution in [0.15, 0.2) is 6.07 Å². The van der Waals surface area contributed by atoms with E-state index in [1.807, 2.05) is 0 Å². The minimum Gasteiger partial charge on any atom is -0.505 e. The number of hydrogen-bond donors (Lipinski definition) is 1. The van der Waals surface area contributed by atoms with Crippen molar-refractivity contribution in [3.05, 3.63) is 23.3 Å². The molecule has 0 spiro atoms. The molecule has 0 saturated carbocycles. The highest BCUT2D eigenvalue weighted by Gasteiger charge is 2.22. The molecule has 16 heavy (non-hydrogen) atoms. The highest BCUT2D eigenvalue weighted by molar-refractivity contribution is 8.13. The van der Waals surface area contributed by atoms with Crippen molar-refractivity contribution in [1.29, 1.82) is 0 Å². The van der Waals surface area contributed by atoms with Crippen LogP contribution in [0.3, 0.4) is 0 Å². The number of ether oxygens (including phenoxy) is 1. The van der Waals surface area contributed by atoms with Crippen LogP contribution in [-0.2, 0) is 14.8 Å². The molecular formula is C8H7ClF2O4S. The van der Waals surface area contributed by atoms with E-state index in [-0.39, 0.29) is 0 Å². The summed E-state index contributed by atoms with van der Waals surface area (Å²) in [5, 5.41) is 9.25. The summed E-state index contributed by atoms with van der Waals surface area (Å²) in [4.78, 5) is 0. The summed E-state index contributed by atoms with van der Waals surface area (Å²) in [5.74, 6) is -4.88. The van der Waals surface area contributed by atoms with Crippen LogP contribution in [0.5, 0.6) is 11.5 Å². The molecule has 0 radical (unpaired) electrons. The number of methoxy groups -OCH3 is 1. The topological polar surface area (TPSA) is 63.6 Å². The first-order chi connectivity index (χ1) is 7.26. The monoisotopic (exact) mass is 272 g/mol. The second kappa shape index (κ2) is 4.42. The van der Waals surface area contributed by atoms with E-state index in [1.54, 1.807) is 0 Å². The summed E-state index contributed by atoms with van der Waals surface area (Å²) in [7, 11) is 1.92. The van der Waals surface area contributed by atoms with Crippen molar-refractivity contribution < 1.29 is 27.0 Å². The van der Waals surface area contributed by atoms with Gasteiger partial charge in [-0.1, -0.05) is 0 Å². The molecule has 0 aliphatic heterocycles. The largest absolute Gasteiger partial charge is 0.505 e. The van der Waals surface area contributed by atoms with E-state index in [0.29, 0.717) is 6.07 Å². The fraction of sp³-hybridized carbons (Fsp3) is 0.250. The van der Waals surface area contributed by atoms with Gasteiger partial charge in [0.15, 0.2) is 23.1 Å². The van der Waals surface area contributed by atoms with Crippen LogP contribution in [0.4, 0.5) is 8.78 Å². The van der Waals surface area contributed by atoms with E-state index in [2.05, 4.69) is 4.74 Å². The molecular weight excluding hydrogens is 266 g/mol. The fourth-order valence-corrected chi connectivity index (χ4v) is 2.11. The highest BCUT2D eigenvalue weighted by atomic mass is 35.7. The molecule has 0 saturated heterocycles. The Balaban J connectivity index is 3.45. The maximum absolute atomic E-state index is 13.2. The van der Waals surface area contributed by atoms with Crippen LogP contribution >= 0.6 is 10.7 Å². The van der Waals surface area contributed by atoms with E-state index in [1.165, 1.54) is 0 Å². The number of phenols is 1. The lowest BCUT2D eigenvalue weighted by Gasteiger charge is -2.10. The lowest BCUT2D eigenvalue weighted by Crippen LogP contribution is -2.02. The molecule has 4 nitrogen and oxygen atoms in total. The van der Waals surface area contributed by atoms with E-state index >= 15 is 0 Å². The SMILES string of the molecule is COc1c(F)cc(F)c(O)c1CS(=O)(=O)Cl. The predicted molar refractivity (Wildman–Crippen MR) is 53.1 cm³/mol. The van der Waals surface area contributed by atoms with Crippen LogP contribution in [0.1, 0.15) is 5.56 Å². The van der Waals surface area contributed by atoms with Gasteiger partial charge in [-0.25, -0.2) is 17.2 Å². The first-order valence-electron chi connectivity index (χ1n) is 3.92. The molecule has 0 atom stereocenters. The van der Waals surface area contributed by atoms with Crippen LogP contribution in [0.2, 0.25) is 0 Å². The maximum Gasteiger partial charge on any atom is 0.237 e. The zero-order valence-electron chi connectivity index (χ0n) is 8.00. The quantitative estimate of drug-likeness (QED) is 0.852. The third-order valence-electron chi connectivity index (χ3n) is 1.78. The Kier molecular flexibility index (Phi) is 3.59. The van der Waals surface area contributed by atoms with Gasteiger partial charge in [0.05, 0.1) is 18.4 Å². The molecule has 0 aliphatic carbocycles. The van der Waals surface area contributed by atoms with Crippen LogP contribution < -0.4 is 4.74 Å². The summed E-state index contributed by atoms with van der Waals surface area (Å²) in [6.07, 6.45) is 0. The second-order valence-corrected chi connectivity index (χ2v) is 5.66. The molecule has 1 aromatic rings. The molecule has 0 bridgehead atoms. The fourth-order valence-electron chi connectivity index (χ4n) is 1.17. The van der Waals surface area contributed by atoms with Gasteiger partial charge in [-0.05, 0) is 0 Å². The zero-order valence-corrected chi connectivity index (χ0v) is 9.57. The molecule has 0 aromatic heterocycles. The highest BCUT2D eigenvalue weighted by Crippen LogP contribution is 2.35. The normalized spacial score (nSPS) is 11.5. The number of hydrogen-bond acceptors (Lipinski definition) is 4. The molecule has 0 heterocycles. The lowest BCUT2D eigenvalue weighted by atomic mass is 10.2. The Hall–Kier alpha value is -1.08. The van der Waals surface area contributed by atoms with E-state index < -0.39 is 43.5 Å². The zero-order chi connectivity index (χ0) is 12.5. The third kappa shape index (κ3) is 2.73. The number of rotatable bonds is 3. The van der Waals surface area contributed by atoms with Crippen molar-refractivity contribution in [2.75, 3.05) is 7.11 Å². The van der Waals surface area contributed by atoms with Gasteiger partial charge in [0.1, 0.15) is 0 Å². The standard InChI is InChI=1S/C8H7ClF2O4S/c1-15-8-4(3-16(9,13)14)7(12)5(10)2-6(8)11/h2,12H,3H2,1H3. The summed E-state index contributed by atoms with van der Waals surface area (Å²) in [6.45, 7) is 0. The van der Waals surface area contributed by atoms with Gasteiger partial charge in [0.25, 0.3) is 0 Å². The Morgan fingerprint density at radius 2 is 2.00 bits per heavy atom. The van der Waals surface area contributed by atoms with Crippen molar-refractivity contribution in [2.24, 2.45) is 0 Å². The average molecular weight is 273 g/mol. The van der Waals surface area contributed by atoms with Crippen molar-refractivity contribution in [1.82, 2.24) is 0 Å². The lowest BCUT2D eigenvalue weighted by molar-refractivity contribution is 0.364. The number of halogens is 3. The van der Waals surface area contributed by atoms with Crippen molar-refractivity contribution in [3.8, 4) is 11.5 Å². The molecule has 1 aromatic carbocycles. The maximum atomic E-state index is 13.2. The Morgan fingerprint density at radius 1 is 1.44 bits per heavy atom. The first kappa shape index (κ1) is 13.0. The van der Waals surface area contributed by atoms with Crippen LogP contribution in [0.25, 0.3) is 0 Å².